The Morgan fingerprint density at radius 1 is 1.05 bits per heavy atom. The van der Waals surface area contributed by atoms with Crippen LogP contribution in [0, 0.1) is 12.7 Å². The quantitative estimate of drug-likeness (QED) is 0.602. The number of alkyl halides is 3. The van der Waals surface area contributed by atoms with Gasteiger partial charge in [-0.1, -0.05) is 18.2 Å². The molecule has 0 amide bonds. The summed E-state index contributed by atoms with van der Waals surface area (Å²) in [7, 11) is 0. The summed E-state index contributed by atoms with van der Waals surface area (Å²) >= 11 is -0.142. The Morgan fingerprint density at radius 3 is 2.33 bits per heavy atom. The molecule has 2 aromatic carbocycles. The fraction of sp³-hybridized carbons (Fsp3) is 0.200. The van der Waals surface area contributed by atoms with Crippen LogP contribution in [0.15, 0.2) is 47.4 Å². The number of thioether (sulfide) groups is 1. The van der Waals surface area contributed by atoms with E-state index in [9.17, 15) is 17.6 Å². The van der Waals surface area contributed by atoms with Gasteiger partial charge in [0.15, 0.2) is 0 Å². The molecule has 0 heterocycles. The molecule has 21 heavy (non-hydrogen) atoms. The minimum absolute atomic E-state index is 0.142. The van der Waals surface area contributed by atoms with Crippen molar-refractivity contribution in [2.45, 2.75) is 23.9 Å². The molecule has 0 saturated heterocycles. The molecule has 0 aliphatic rings. The Kier molecular flexibility index (Phi) is 4.77. The topological polar surface area (TPSA) is 12.0 Å². The maximum atomic E-state index is 13.1. The van der Waals surface area contributed by atoms with Gasteiger partial charge in [-0.2, -0.15) is 13.2 Å². The van der Waals surface area contributed by atoms with Gasteiger partial charge < -0.3 is 5.32 Å². The maximum Gasteiger partial charge on any atom is 0.446 e. The van der Waals surface area contributed by atoms with Crippen LogP contribution in [0.3, 0.4) is 0 Å². The third-order valence-corrected chi connectivity index (χ3v) is 3.58. The van der Waals surface area contributed by atoms with Gasteiger partial charge in [-0.15, -0.1) is 0 Å². The first-order chi connectivity index (χ1) is 9.83. The van der Waals surface area contributed by atoms with Crippen molar-refractivity contribution in [1.82, 2.24) is 0 Å². The van der Waals surface area contributed by atoms with Gasteiger partial charge in [0.1, 0.15) is 5.82 Å². The van der Waals surface area contributed by atoms with Crippen molar-refractivity contribution in [3.8, 4) is 0 Å². The molecule has 0 spiro atoms. The summed E-state index contributed by atoms with van der Waals surface area (Å²) in [5.41, 5.74) is -1.88. The zero-order valence-electron chi connectivity index (χ0n) is 11.2. The molecule has 2 rings (SSSR count). The molecule has 1 nitrogen and oxygen atoms in total. The highest BCUT2D eigenvalue weighted by molar-refractivity contribution is 8.00. The van der Waals surface area contributed by atoms with Crippen LogP contribution in [0.1, 0.15) is 11.1 Å². The molecule has 1 N–H and O–H groups in total. The van der Waals surface area contributed by atoms with Gasteiger partial charge in [-0.3, -0.25) is 0 Å². The molecule has 0 saturated carbocycles. The van der Waals surface area contributed by atoms with Gasteiger partial charge in [0.2, 0.25) is 0 Å². The summed E-state index contributed by atoms with van der Waals surface area (Å²) < 4.78 is 49.8. The van der Waals surface area contributed by atoms with E-state index in [1.807, 2.05) is 6.92 Å². The SMILES string of the molecule is Cc1ccc(F)cc1NCc1ccc(SC(F)(F)F)cc1. The summed E-state index contributed by atoms with van der Waals surface area (Å²) in [6.45, 7) is 2.27. The van der Waals surface area contributed by atoms with Gasteiger partial charge in [0.05, 0.1) is 0 Å². The number of aryl methyl sites for hydroxylation is 1. The van der Waals surface area contributed by atoms with E-state index in [0.717, 1.165) is 11.1 Å². The second-order valence-electron chi connectivity index (χ2n) is 4.50. The molecule has 0 bridgehead atoms. The number of nitrogens with one attached hydrogen (secondary N) is 1. The number of benzene rings is 2. The Morgan fingerprint density at radius 2 is 1.71 bits per heavy atom. The zero-order chi connectivity index (χ0) is 15.5. The number of rotatable bonds is 4. The summed E-state index contributed by atoms with van der Waals surface area (Å²) in [6, 6.07) is 10.5. The number of hydrogen-bond donors (Lipinski definition) is 1. The molecular weight excluding hydrogens is 302 g/mol. The molecule has 0 aliphatic heterocycles. The third kappa shape index (κ3) is 4.97. The largest absolute Gasteiger partial charge is 0.446 e. The predicted molar refractivity (Wildman–Crippen MR) is 76.8 cm³/mol. The van der Waals surface area contributed by atoms with Crippen molar-refractivity contribution in [2.75, 3.05) is 5.32 Å². The highest BCUT2D eigenvalue weighted by Gasteiger charge is 2.28. The summed E-state index contributed by atoms with van der Waals surface area (Å²) in [5, 5.41) is 3.07. The van der Waals surface area contributed by atoms with E-state index in [4.69, 9.17) is 0 Å². The standard InChI is InChI=1S/C15H13F4NS/c1-10-2-5-12(16)8-14(10)20-9-11-3-6-13(7-4-11)21-15(17,18)19/h2-8,20H,9H2,1H3. The smallest absolute Gasteiger partial charge is 0.381 e. The summed E-state index contributed by atoms with van der Waals surface area (Å²) in [4.78, 5) is 0.146. The van der Waals surface area contributed by atoms with Gasteiger partial charge >= 0.3 is 5.51 Å². The normalized spacial score (nSPS) is 11.5. The molecule has 6 heteroatoms. The first-order valence-electron chi connectivity index (χ1n) is 6.18. The van der Waals surface area contributed by atoms with Gasteiger partial charge in [-0.05, 0) is 54.1 Å². The van der Waals surface area contributed by atoms with Gasteiger partial charge in [0.25, 0.3) is 0 Å². The van der Waals surface area contributed by atoms with E-state index < -0.39 is 5.51 Å². The fourth-order valence-electron chi connectivity index (χ4n) is 1.79. The van der Waals surface area contributed by atoms with Crippen LogP contribution in [-0.2, 0) is 6.54 Å². The van der Waals surface area contributed by atoms with Gasteiger partial charge in [0, 0.05) is 17.1 Å². The Labute approximate surface area is 124 Å². The average molecular weight is 315 g/mol. The molecular formula is C15H13F4NS. The highest BCUT2D eigenvalue weighted by Crippen LogP contribution is 2.36. The highest BCUT2D eigenvalue weighted by atomic mass is 32.2. The lowest BCUT2D eigenvalue weighted by Gasteiger charge is -2.10. The van der Waals surface area contributed by atoms with E-state index in [2.05, 4.69) is 5.32 Å². The number of hydrogen-bond acceptors (Lipinski definition) is 2. The van der Waals surface area contributed by atoms with Crippen molar-refractivity contribution in [2.24, 2.45) is 0 Å². The van der Waals surface area contributed by atoms with E-state index in [0.29, 0.717) is 12.2 Å². The van der Waals surface area contributed by atoms with Crippen molar-refractivity contribution in [3.63, 3.8) is 0 Å². The fourth-order valence-corrected chi connectivity index (χ4v) is 2.33. The Hall–Kier alpha value is -1.69. The third-order valence-electron chi connectivity index (χ3n) is 2.84. The van der Waals surface area contributed by atoms with E-state index >= 15 is 0 Å². The van der Waals surface area contributed by atoms with E-state index in [1.54, 1.807) is 18.2 Å². The Balaban J connectivity index is 1.99. The molecule has 0 unspecified atom stereocenters. The van der Waals surface area contributed by atoms with Crippen molar-refractivity contribution in [3.05, 3.63) is 59.4 Å². The second-order valence-corrected chi connectivity index (χ2v) is 5.64. The van der Waals surface area contributed by atoms with Crippen LogP contribution < -0.4 is 5.32 Å². The zero-order valence-corrected chi connectivity index (χ0v) is 12.0. The van der Waals surface area contributed by atoms with E-state index in [1.165, 1.54) is 24.3 Å². The molecule has 0 fully saturated rings. The Bertz CT molecular complexity index is 608. The second kappa shape index (κ2) is 6.39. The van der Waals surface area contributed by atoms with Gasteiger partial charge in [-0.25, -0.2) is 4.39 Å². The molecule has 2 aromatic rings. The lowest BCUT2D eigenvalue weighted by molar-refractivity contribution is -0.0328. The first kappa shape index (κ1) is 15.7. The van der Waals surface area contributed by atoms with Crippen LogP contribution in [0.25, 0.3) is 0 Å². The minimum atomic E-state index is -4.28. The molecule has 0 atom stereocenters. The van der Waals surface area contributed by atoms with Crippen LogP contribution in [0.2, 0.25) is 0 Å². The van der Waals surface area contributed by atoms with Crippen LogP contribution in [0.4, 0.5) is 23.2 Å². The van der Waals surface area contributed by atoms with Crippen molar-refractivity contribution >= 4 is 17.4 Å². The molecule has 0 aliphatic carbocycles. The number of anilines is 1. The van der Waals surface area contributed by atoms with Crippen LogP contribution in [0.5, 0.6) is 0 Å². The van der Waals surface area contributed by atoms with Crippen molar-refractivity contribution < 1.29 is 17.6 Å². The van der Waals surface area contributed by atoms with Crippen LogP contribution in [-0.4, -0.2) is 5.51 Å². The summed E-state index contributed by atoms with van der Waals surface area (Å²) in [5.74, 6) is -0.333. The van der Waals surface area contributed by atoms with E-state index in [-0.39, 0.29) is 22.5 Å². The summed E-state index contributed by atoms with van der Waals surface area (Å²) in [6.07, 6.45) is 0. The first-order valence-corrected chi connectivity index (χ1v) is 7.00. The predicted octanol–water partition coefficient (Wildman–Crippen LogP) is 5.36. The lowest BCUT2D eigenvalue weighted by Crippen LogP contribution is -2.02. The lowest BCUT2D eigenvalue weighted by atomic mass is 10.1. The molecule has 0 radical (unpaired) electrons. The van der Waals surface area contributed by atoms with Crippen molar-refractivity contribution in [1.29, 1.82) is 0 Å². The molecule has 0 aromatic heterocycles. The average Bonchev–Trinajstić information content (AvgIpc) is 2.40. The number of halogens is 4. The minimum Gasteiger partial charge on any atom is -0.381 e. The van der Waals surface area contributed by atoms with Crippen LogP contribution >= 0.6 is 11.8 Å². The molecule has 112 valence electrons. The maximum absolute atomic E-state index is 13.1. The monoisotopic (exact) mass is 315 g/mol.